The molecule has 0 saturated carbocycles. The van der Waals surface area contributed by atoms with Crippen LogP contribution in [-0.2, 0) is 10.0 Å². The molecule has 0 aliphatic rings. The molecular formula is C13H18N2O2S. The van der Waals surface area contributed by atoms with E-state index in [0.29, 0.717) is 0 Å². The minimum Gasteiger partial charge on any atom is -0.263 e. The quantitative estimate of drug-likeness (QED) is 0.804. The monoisotopic (exact) mass is 266 g/mol. The van der Waals surface area contributed by atoms with Gasteiger partial charge in [-0.25, -0.2) is 13.1 Å². The van der Waals surface area contributed by atoms with Gasteiger partial charge in [-0.3, -0.25) is 4.98 Å². The summed E-state index contributed by atoms with van der Waals surface area (Å²) < 4.78 is 26.1. The molecule has 0 aliphatic heterocycles. The fourth-order valence-electron chi connectivity index (χ4n) is 1.38. The summed E-state index contributed by atoms with van der Waals surface area (Å²) in [6, 6.07) is 3.11. The molecule has 0 unspecified atom stereocenters. The zero-order valence-corrected chi connectivity index (χ0v) is 11.4. The fraction of sp³-hybridized carbons (Fsp3) is 0.308. The van der Waals surface area contributed by atoms with E-state index in [2.05, 4.69) is 16.6 Å². The average molecular weight is 266 g/mol. The molecule has 1 rings (SSSR count). The van der Waals surface area contributed by atoms with Gasteiger partial charge in [0.15, 0.2) is 0 Å². The first kappa shape index (κ1) is 14.6. The molecule has 98 valence electrons. The molecule has 0 bridgehead atoms. The molecule has 1 aromatic heterocycles. The Morgan fingerprint density at radius 1 is 1.50 bits per heavy atom. The topological polar surface area (TPSA) is 59.1 Å². The number of hydrogen-bond acceptors (Lipinski definition) is 3. The highest BCUT2D eigenvalue weighted by molar-refractivity contribution is 7.89. The lowest BCUT2D eigenvalue weighted by Gasteiger charge is -2.03. The molecule has 18 heavy (non-hydrogen) atoms. The highest BCUT2D eigenvalue weighted by Crippen LogP contribution is 2.05. The van der Waals surface area contributed by atoms with Crippen LogP contribution in [0.5, 0.6) is 0 Å². The zero-order valence-electron chi connectivity index (χ0n) is 10.6. The first-order valence-electron chi connectivity index (χ1n) is 5.81. The smallest absolute Gasteiger partial charge is 0.242 e. The van der Waals surface area contributed by atoms with E-state index in [9.17, 15) is 8.42 Å². The van der Waals surface area contributed by atoms with Crippen molar-refractivity contribution < 1.29 is 8.42 Å². The van der Waals surface area contributed by atoms with E-state index in [1.165, 1.54) is 17.8 Å². The van der Waals surface area contributed by atoms with Gasteiger partial charge in [0, 0.05) is 18.9 Å². The number of nitrogens with one attached hydrogen (secondary N) is 1. The minimum absolute atomic E-state index is 0.181. The van der Waals surface area contributed by atoms with Crippen LogP contribution in [0.1, 0.15) is 20.3 Å². The van der Waals surface area contributed by atoms with Crippen LogP contribution in [0.3, 0.4) is 0 Å². The number of allylic oxidation sites excluding steroid dienone is 3. The van der Waals surface area contributed by atoms with Gasteiger partial charge in [0.05, 0.1) is 0 Å². The van der Waals surface area contributed by atoms with Crippen molar-refractivity contribution in [1.82, 2.24) is 9.71 Å². The molecule has 1 N–H and O–H groups in total. The van der Waals surface area contributed by atoms with Crippen molar-refractivity contribution in [2.45, 2.75) is 25.2 Å². The average Bonchev–Trinajstić information content (AvgIpc) is 2.40. The van der Waals surface area contributed by atoms with E-state index in [1.54, 1.807) is 18.3 Å². The van der Waals surface area contributed by atoms with Crippen molar-refractivity contribution in [3.63, 3.8) is 0 Å². The molecule has 0 radical (unpaired) electrons. The Kier molecular flexibility index (Phi) is 5.74. The number of aromatic nitrogens is 1. The Balaban J connectivity index is 2.59. The lowest BCUT2D eigenvalue weighted by atomic mass is 10.2. The predicted molar refractivity (Wildman–Crippen MR) is 72.6 cm³/mol. The summed E-state index contributed by atoms with van der Waals surface area (Å²) >= 11 is 0. The van der Waals surface area contributed by atoms with E-state index in [0.717, 1.165) is 6.42 Å². The molecule has 0 atom stereocenters. The Hall–Kier alpha value is -1.46. The molecule has 0 spiro atoms. The lowest BCUT2D eigenvalue weighted by molar-refractivity contribution is 0.585. The molecule has 0 aromatic carbocycles. The van der Waals surface area contributed by atoms with Gasteiger partial charge in [-0.05, 0) is 25.5 Å². The summed E-state index contributed by atoms with van der Waals surface area (Å²) in [6.07, 6.45) is 9.53. The number of sulfonamides is 1. The van der Waals surface area contributed by atoms with Gasteiger partial charge in [-0.2, -0.15) is 0 Å². The molecular weight excluding hydrogens is 248 g/mol. The number of rotatable bonds is 6. The normalized spacial score (nSPS) is 13.1. The van der Waals surface area contributed by atoms with Crippen molar-refractivity contribution in [2.24, 2.45) is 0 Å². The van der Waals surface area contributed by atoms with Gasteiger partial charge in [-0.1, -0.05) is 30.7 Å². The predicted octanol–water partition coefficient (Wildman–Crippen LogP) is 2.27. The third kappa shape index (κ3) is 4.43. The zero-order chi connectivity index (χ0) is 13.4. The summed E-state index contributed by atoms with van der Waals surface area (Å²) in [7, 11) is -3.45. The van der Waals surface area contributed by atoms with E-state index >= 15 is 0 Å². The molecule has 0 saturated heterocycles. The molecule has 1 aromatic rings. The van der Waals surface area contributed by atoms with Crippen LogP contribution < -0.4 is 4.72 Å². The number of hydrogen-bond donors (Lipinski definition) is 1. The van der Waals surface area contributed by atoms with E-state index in [1.807, 2.05) is 19.1 Å². The largest absolute Gasteiger partial charge is 0.263 e. The Labute approximate surface area is 109 Å². The Morgan fingerprint density at radius 3 is 2.83 bits per heavy atom. The van der Waals surface area contributed by atoms with Gasteiger partial charge in [0.2, 0.25) is 10.0 Å². The minimum atomic E-state index is -3.45. The summed E-state index contributed by atoms with van der Waals surface area (Å²) in [5.74, 6) is 0. The number of nitrogens with zero attached hydrogens (tertiary/aromatic N) is 1. The van der Waals surface area contributed by atoms with Gasteiger partial charge in [0.1, 0.15) is 4.90 Å². The van der Waals surface area contributed by atoms with Gasteiger partial charge in [0.25, 0.3) is 0 Å². The van der Waals surface area contributed by atoms with Crippen LogP contribution in [0.2, 0.25) is 0 Å². The highest BCUT2D eigenvalue weighted by atomic mass is 32.2. The maximum atomic E-state index is 11.8. The van der Waals surface area contributed by atoms with Gasteiger partial charge >= 0.3 is 0 Å². The van der Waals surface area contributed by atoms with Crippen molar-refractivity contribution in [3.8, 4) is 0 Å². The van der Waals surface area contributed by atoms with Crippen LogP contribution in [-0.4, -0.2) is 19.9 Å². The van der Waals surface area contributed by atoms with E-state index in [-0.39, 0.29) is 11.4 Å². The molecule has 5 heteroatoms. The van der Waals surface area contributed by atoms with Crippen LogP contribution in [0.4, 0.5) is 0 Å². The van der Waals surface area contributed by atoms with Crippen molar-refractivity contribution in [2.75, 3.05) is 6.54 Å². The maximum absolute atomic E-state index is 11.8. The third-order valence-electron chi connectivity index (χ3n) is 2.45. The molecule has 0 aliphatic carbocycles. The molecule has 0 amide bonds. The van der Waals surface area contributed by atoms with Crippen LogP contribution in [0.15, 0.2) is 53.2 Å². The second kappa shape index (κ2) is 7.08. The van der Waals surface area contributed by atoms with Gasteiger partial charge < -0.3 is 0 Å². The second-order valence-electron chi connectivity index (χ2n) is 3.66. The fourth-order valence-corrected chi connectivity index (χ4v) is 2.32. The van der Waals surface area contributed by atoms with E-state index in [4.69, 9.17) is 0 Å². The van der Waals surface area contributed by atoms with Crippen LogP contribution in [0, 0.1) is 0 Å². The first-order valence-corrected chi connectivity index (χ1v) is 7.30. The maximum Gasteiger partial charge on any atom is 0.242 e. The Morgan fingerprint density at radius 2 is 2.28 bits per heavy atom. The Bertz CT molecular complexity index is 519. The summed E-state index contributed by atoms with van der Waals surface area (Å²) in [5.41, 5.74) is 1.18. The van der Waals surface area contributed by atoms with Crippen molar-refractivity contribution in [1.29, 1.82) is 0 Å². The van der Waals surface area contributed by atoms with Crippen LogP contribution >= 0.6 is 0 Å². The SMILES string of the molecule is C/C=C(/C=C/CNS(=O)(=O)c1cccnc1)CC. The van der Waals surface area contributed by atoms with Crippen molar-refractivity contribution >= 4 is 10.0 Å². The summed E-state index contributed by atoms with van der Waals surface area (Å²) in [6.45, 7) is 4.29. The van der Waals surface area contributed by atoms with Crippen LogP contribution in [0.25, 0.3) is 0 Å². The first-order chi connectivity index (χ1) is 8.60. The molecule has 4 nitrogen and oxygen atoms in total. The number of pyridine rings is 1. The van der Waals surface area contributed by atoms with Gasteiger partial charge in [-0.15, -0.1) is 0 Å². The highest BCUT2D eigenvalue weighted by Gasteiger charge is 2.11. The summed E-state index contributed by atoms with van der Waals surface area (Å²) in [5, 5.41) is 0. The standard InChI is InChI=1S/C13H18N2O2S/c1-3-12(4-2)7-5-10-15-18(16,17)13-8-6-9-14-11-13/h3,5-9,11,15H,4,10H2,1-2H3/b7-5+,12-3+. The van der Waals surface area contributed by atoms with Crippen molar-refractivity contribution in [3.05, 3.63) is 48.3 Å². The summed E-state index contributed by atoms with van der Waals surface area (Å²) in [4.78, 5) is 3.97. The lowest BCUT2D eigenvalue weighted by Crippen LogP contribution is -2.23. The molecule has 0 fully saturated rings. The third-order valence-corrected chi connectivity index (χ3v) is 3.86. The molecule has 1 heterocycles. The second-order valence-corrected chi connectivity index (χ2v) is 5.43. The van der Waals surface area contributed by atoms with E-state index < -0.39 is 10.0 Å².